The van der Waals surface area contributed by atoms with Crippen molar-refractivity contribution in [2.75, 3.05) is 24.3 Å². The molecular formula is C27H32FN3O3. The van der Waals surface area contributed by atoms with Crippen molar-refractivity contribution in [3.8, 4) is 0 Å². The average molecular weight is 466 g/mol. The van der Waals surface area contributed by atoms with Crippen molar-refractivity contribution in [1.82, 2.24) is 4.90 Å². The van der Waals surface area contributed by atoms with Crippen LogP contribution in [0.3, 0.4) is 0 Å². The molecule has 0 saturated heterocycles. The van der Waals surface area contributed by atoms with E-state index < -0.39 is 5.82 Å². The lowest BCUT2D eigenvalue weighted by atomic mass is 9.92. The van der Waals surface area contributed by atoms with Gasteiger partial charge in [0.15, 0.2) is 0 Å². The van der Waals surface area contributed by atoms with Gasteiger partial charge in [-0.1, -0.05) is 26.8 Å². The monoisotopic (exact) mass is 465 g/mol. The highest BCUT2D eigenvalue weighted by Gasteiger charge is 2.21. The number of furan rings is 1. The molecule has 180 valence electrons. The highest BCUT2D eigenvalue weighted by Crippen LogP contribution is 2.27. The molecule has 0 spiro atoms. The fraction of sp³-hybridized carbons (Fsp3) is 0.333. The highest BCUT2D eigenvalue weighted by atomic mass is 19.1. The number of nitrogens with zero attached hydrogens (tertiary/aromatic N) is 2. The topological polar surface area (TPSA) is 65.8 Å². The summed E-state index contributed by atoms with van der Waals surface area (Å²) in [6.07, 6.45) is 1.94. The van der Waals surface area contributed by atoms with Crippen LogP contribution in [0.25, 0.3) is 0 Å². The second-order valence-corrected chi connectivity index (χ2v) is 9.77. The Kier molecular flexibility index (Phi) is 7.76. The van der Waals surface area contributed by atoms with Gasteiger partial charge < -0.3 is 19.5 Å². The third-order valence-corrected chi connectivity index (χ3v) is 5.18. The summed E-state index contributed by atoms with van der Waals surface area (Å²) >= 11 is 0. The maximum atomic E-state index is 13.8. The van der Waals surface area contributed by atoms with E-state index >= 15 is 0 Å². The predicted octanol–water partition coefficient (Wildman–Crippen LogP) is 5.70. The molecule has 2 amide bonds. The molecule has 2 aromatic carbocycles. The zero-order valence-electron chi connectivity index (χ0n) is 20.4. The number of anilines is 2. The fourth-order valence-corrected chi connectivity index (χ4v) is 3.71. The van der Waals surface area contributed by atoms with Crippen LogP contribution in [0.5, 0.6) is 0 Å². The molecule has 0 fully saturated rings. The summed E-state index contributed by atoms with van der Waals surface area (Å²) in [6.45, 7) is 6.50. The fourth-order valence-electron chi connectivity index (χ4n) is 3.71. The molecule has 0 radical (unpaired) electrons. The number of hydrogen-bond acceptors (Lipinski definition) is 4. The molecule has 1 N–H and O–H groups in total. The number of benzene rings is 2. The van der Waals surface area contributed by atoms with Crippen LogP contribution in [0, 0.1) is 11.2 Å². The van der Waals surface area contributed by atoms with E-state index in [1.807, 2.05) is 58.0 Å². The Morgan fingerprint density at radius 3 is 2.38 bits per heavy atom. The van der Waals surface area contributed by atoms with Crippen molar-refractivity contribution in [3.63, 3.8) is 0 Å². The summed E-state index contributed by atoms with van der Waals surface area (Å²) in [5.74, 6) is -0.241. The van der Waals surface area contributed by atoms with E-state index in [0.29, 0.717) is 17.9 Å². The van der Waals surface area contributed by atoms with Crippen LogP contribution in [-0.2, 0) is 17.9 Å². The SMILES string of the molecule is CN(C)c1ccc(NC(=O)CC(C)(C)C)cc1CN(Cc1ccco1)C(=O)c1cccc(F)c1. The Bertz CT molecular complexity index is 1130. The van der Waals surface area contributed by atoms with Crippen LogP contribution in [0.15, 0.2) is 65.3 Å². The van der Waals surface area contributed by atoms with Gasteiger partial charge in [-0.3, -0.25) is 9.59 Å². The Labute approximate surface area is 200 Å². The van der Waals surface area contributed by atoms with Crippen molar-refractivity contribution in [3.05, 3.63) is 83.6 Å². The smallest absolute Gasteiger partial charge is 0.254 e. The number of hydrogen-bond donors (Lipinski definition) is 1. The number of amides is 2. The quantitative estimate of drug-likeness (QED) is 0.463. The second kappa shape index (κ2) is 10.5. The first-order valence-electron chi connectivity index (χ1n) is 11.2. The summed E-state index contributed by atoms with van der Waals surface area (Å²) in [4.78, 5) is 29.4. The number of carbonyl (C=O) groups is 2. The maximum absolute atomic E-state index is 13.8. The minimum absolute atomic E-state index is 0.0701. The van der Waals surface area contributed by atoms with Gasteiger partial charge in [0, 0.05) is 44.0 Å². The first-order chi connectivity index (χ1) is 16.0. The Balaban J connectivity index is 1.93. The average Bonchev–Trinajstić information content (AvgIpc) is 3.24. The minimum Gasteiger partial charge on any atom is -0.467 e. The molecule has 1 aromatic heterocycles. The second-order valence-electron chi connectivity index (χ2n) is 9.77. The summed E-state index contributed by atoms with van der Waals surface area (Å²) in [5.41, 5.74) is 2.53. The van der Waals surface area contributed by atoms with E-state index in [1.54, 1.807) is 29.4 Å². The highest BCUT2D eigenvalue weighted by molar-refractivity contribution is 5.94. The van der Waals surface area contributed by atoms with Gasteiger partial charge in [-0.25, -0.2) is 4.39 Å². The van der Waals surface area contributed by atoms with Crippen molar-refractivity contribution >= 4 is 23.2 Å². The first-order valence-corrected chi connectivity index (χ1v) is 11.2. The summed E-state index contributed by atoms with van der Waals surface area (Å²) in [6, 6.07) is 14.8. The van der Waals surface area contributed by atoms with E-state index in [-0.39, 0.29) is 35.9 Å². The van der Waals surface area contributed by atoms with Gasteiger partial charge >= 0.3 is 0 Å². The molecule has 0 aliphatic heterocycles. The molecule has 3 rings (SSSR count). The molecule has 0 saturated carbocycles. The standard InChI is InChI=1S/C27H32FN3O3/c1-27(2,3)16-25(32)29-22-11-12-24(30(4)5)20(15-22)17-31(18-23-10-7-13-34-23)26(33)19-8-6-9-21(28)14-19/h6-15H,16-18H2,1-5H3,(H,29,32). The van der Waals surface area contributed by atoms with E-state index in [1.165, 1.54) is 18.2 Å². The summed E-state index contributed by atoms with van der Waals surface area (Å²) < 4.78 is 19.3. The zero-order chi connectivity index (χ0) is 24.9. The van der Waals surface area contributed by atoms with Crippen LogP contribution in [0.2, 0.25) is 0 Å². The number of carbonyl (C=O) groups excluding carboxylic acids is 2. The van der Waals surface area contributed by atoms with Gasteiger partial charge in [-0.05, 0) is 59.5 Å². The van der Waals surface area contributed by atoms with Crippen molar-refractivity contribution < 1.29 is 18.4 Å². The van der Waals surface area contributed by atoms with Crippen LogP contribution < -0.4 is 10.2 Å². The van der Waals surface area contributed by atoms with Gasteiger partial charge in [0.05, 0.1) is 12.8 Å². The summed E-state index contributed by atoms with van der Waals surface area (Å²) in [5, 5.41) is 2.96. The minimum atomic E-state index is -0.471. The molecule has 0 aliphatic carbocycles. The van der Waals surface area contributed by atoms with Gasteiger partial charge in [0.1, 0.15) is 11.6 Å². The molecule has 3 aromatic rings. The van der Waals surface area contributed by atoms with Gasteiger partial charge in [0.2, 0.25) is 5.91 Å². The number of halogens is 1. The van der Waals surface area contributed by atoms with Gasteiger partial charge in [-0.15, -0.1) is 0 Å². The van der Waals surface area contributed by atoms with Crippen molar-refractivity contribution in [2.45, 2.75) is 40.3 Å². The number of rotatable bonds is 8. The van der Waals surface area contributed by atoms with E-state index in [4.69, 9.17) is 4.42 Å². The molecule has 6 nitrogen and oxygen atoms in total. The van der Waals surface area contributed by atoms with Crippen molar-refractivity contribution in [1.29, 1.82) is 0 Å². The molecule has 0 bridgehead atoms. The Hall–Kier alpha value is -3.61. The zero-order valence-corrected chi connectivity index (χ0v) is 20.4. The third-order valence-electron chi connectivity index (χ3n) is 5.18. The van der Waals surface area contributed by atoms with Crippen LogP contribution >= 0.6 is 0 Å². The number of nitrogens with one attached hydrogen (secondary N) is 1. The Morgan fingerprint density at radius 1 is 1.00 bits per heavy atom. The third kappa shape index (κ3) is 6.94. The van der Waals surface area contributed by atoms with Gasteiger partial charge in [-0.2, -0.15) is 0 Å². The Morgan fingerprint density at radius 2 is 1.76 bits per heavy atom. The largest absolute Gasteiger partial charge is 0.467 e. The summed E-state index contributed by atoms with van der Waals surface area (Å²) in [7, 11) is 3.84. The van der Waals surface area contributed by atoms with Gasteiger partial charge in [0.25, 0.3) is 5.91 Å². The van der Waals surface area contributed by atoms with Crippen LogP contribution in [-0.4, -0.2) is 30.8 Å². The lowest BCUT2D eigenvalue weighted by molar-refractivity contribution is -0.117. The molecular weight excluding hydrogens is 433 g/mol. The molecule has 0 unspecified atom stereocenters. The van der Waals surface area contributed by atoms with Crippen LogP contribution in [0.1, 0.15) is 48.9 Å². The molecule has 34 heavy (non-hydrogen) atoms. The van der Waals surface area contributed by atoms with Crippen molar-refractivity contribution in [2.24, 2.45) is 5.41 Å². The lowest BCUT2D eigenvalue weighted by Crippen LogP contribution is -2.31. The molecule has 7 heteroatoms. The maximum Gasteiger partial charge on any atom is 0.254 e. The van der Waals surface area contributed by atoms with Crippen LogP contribution in [0.4, 0.5) is 15.8 Å². The molecule has 0 atom stereocenters. The molecule has 0 aliphatic rings. The normalized spacial score (nSPS) is 11.2. The predicted molar refractivity (Wildman–Crippen MR) is 132 cm³/mol. The van der Waals surface area contributed by atoms with E-state index in [0.717, 1.165) is 11.3 Å². The molecule has 1 heterocycles. The first kappa shape index (κ1) is 25.0. The van der Waals surface area contributed by atoms with E-state index in [9.17, 15) is 14.0 Å². The lowest BCUT2D eigenvalue weighted by Gasteiger charge is -2.26. The van der Waals surface area contributed by atoms with E-state index in [2.05, 4.69) is 5.32 Å².